The van der Waals surface area contributed by atoms with Gasteiger partial charge in [0.05, 0.1) is 22.6 Å². The fourth-order valence-corrected chi connectivity index (χ4v) is 3.13. The van der Waals surface area contributed by atoms with Gasteiger partial charge in [-0.15, -0.1) is 0 Å². The van der Waals surface area contributed by atoms with Gasteiger partial charge in [-0.1, -0.05) is 31.9 Å². The lowest BCUT2D eigenvalue weighted by Gasteiger charge is -2.07. The van der Waals surface area contributed by atoms with Crippen molar-refractivity contribution in [3.05, 3.63) is 67.1 Å². The van der Waals surface area contributed by atoms with Gasteiger partial charge in [0.25, 0.3) is 0 Å². The summed E-state index contributed by atoms with van der Waals surface area (Å²) in [6.45, 7) is 3.94. The molecule has 3 rings (SSSR count). The SMILES string of the molecule is CCOCCn1c(CO)nc2ccc(Br)cc21.O=[N+]([O-])c1ccc(Br)cc1F. The normalized spacial score (nSPS) is 10.6. The van der Waals surface area contributed by atoms with E-state index in [0.29, 0.717) is 30.1 Å². The Bertz CT molecular complexity index is 965. The number of nitrogens with zero attached hydrogens (tertiary/aromatic N) is 3. The lowest BCUT2D eigenvalue weighted by Crippen LogP contribution is -2.09. The van der Waals surface area contributed by atoms with Gasteiger partial charge in [-0.25, -0.2) is 4.98 Å². The average Bonchev–Trinajstić information content (AvgIpc) is 2.99. The topological polar surface area (TPSA) is 90.4 Å². The standard InChI is InChI=1S/C12H15BrN2O2.C6H3BrFNO2/c1-2-17-6-5-15-11-7-9(13)3-4-10(11)14-12(15)8-16;7-4-1-2-6(9(10)11)5(8)3-4/h3-4,7,16H,2,5-6,8H2,1H3;1-3H. The number of hydrogen-bond donors (Lipinski definition) is 1. The number of nitro benzene ring substituents is 1. The van der Waals surface area contributed by atoms with E-state index in [1.165, 1.54) is 6.07 Å². The van der Waals surface area contributed by atoms with Crippen LogP contribution in [0.15, 0.2) is 45.3 Å². The van der Waals surface area contributed by atoms with Crippen molar-refractivity contribution in [2.45, 2.75) is 20.1 Å². The van der Waals surface area contributed by atoms with E-state index < -0.39 is 16.4 Å². The second-order valence-electron chi connectivity index (χ2n) is 5.52. The Morgan fingerprint density at radius 3 is 2.54 bits per heavy atom. The predicted molar refractivity (Wildman–Crippen MR) is 111 cm³/mol. The third-order valence-electron chi connectivity index (χ3n) is 3.70. The molecule has 0 saturated carbocycles. The van der Waals surface area contributed by atoms with Gasteiger partial charge in [0, 0.05) is 28.2 Å². The Hall–Kier alpha value is -1.88. The highest BCUT2D eigenvalue weighted by atomic mass is 79.9. The van der Waals surface area contributed by atoms with E-state index in [1.807, 2.05) is 29.7 Å². The van der Waals surface area contributed by atoms with Gasteiger partial charge in [0.15, 0.2) is 0 Å². The molecule has 0 aliphatic carbocycles. The fourth-order valence-electron chi connectivity index (χ4n) is 2.45. The Morgan fingerprint density at radius 2 is 1.93 bits per heavy atom. The quantitative estimate of drug-likeness (QED) is 0.287. The summed E-state index contributed by atoms with van der Waals surface area (Å²) in [7, 11) is 0. The van der Waals surface area contributed by atoms with Crippen molar-refractivity contribution < 1.29 is 19.2 Å². The number of imidazole rings is 1. The predicted octanol–water partition coefficient (Wildman–Crippen LogP) is 4.82. The third kappa shape index (κ3) is 5.81. The number of halogens is 3. The maximum Gasteiger partial charge on any atom is 0.304 e. The smallest absolute Gasteiger partial charge is 0.304 e. The number of nitro groups is 1. The van der Waals surface area contributed by atoms with E-state index in [0.717, 1.165) is 27.6 Å². The molecule has 28 heavy (non-hydrogen) atoms. The number of hydrogen-bond acceptors (Lipinski definition) is 5. The molecular weight excluding hydrogens is 501 g/mol. The summed E-state index contributed by atoms with van der Waals surface area (Å²) in [5.74, 6) is -0.151. The zero-order valence-electron chi connectivity index (χ0n) is 14.9. The molecule has 0 spiro atoms. The molecule has 0 radical (unpaired) electrons. The average molecular weight is 519 g/mol. The molecule has 0 aliphatic heterocycles. The molecule has 0 fully saturated rings. The van der Waals surface area contributed by atoms with Crippen molar-refractivity contribution in [1.29, 1.82) is 0 Å². The number of benzene rings is 2. The van der Waals surface area contributed by atoms with E-state index in [4.69, 9.17) is 4.74 Å². The van der Waals surface area contributed by atoms with E-state index in [1.54, 1.807) is 0 Å². The van der Waals surface area contributed by atoms with Crippen LogP contribution in [0.1, 0.15) is 12.7 Å². The van der Waals surface area contributed by atoms with Crippen LogP contribution in [0.5, 0.6) is 0 Å². The first kappa shape index (κ1) is 22.4. The maximum atomic E-state index is 12.6. The molecule has 7 nitrogen and oxygen atoms in total. The van der Waals surface area contributed by atoms with Gasteiger partial charge in [-0.2, -0.15) is 4.39 Å². The van der Waals surface area contributed by atoms with Crippen molar-refractivity contribution >= 4 is 48.6 Å². The second kappa shape index (κ2) is 10.6. The van der Waals surface area contributed by atoms with Crippen molar-refractivity contribution in [3.63, 3.8) is 0 Å². The lowest BCUT2D eigenvalue weighted by molar-refractivity contribution is -0.387. The maximum absolute atomic E-state index is 12.6. The Labute approximate surface area is 177 Å². The molecule has 2 aromatic carbocycles. The third-order valence-corrected chi connectivity index (χ3v) is 4.69. The van der Waals surface area contributed by atoms with Crippen LogP contribution in [0.2, 0.25) is 0 Å². The van der Waals surface area contributed by atoms with Gasteiger partial charge in [-0.3, -0.25) is 10.1 Å². The molecule has 0 saturated heterocycles. The second-order valence-corrected chi connectivity index (χ2v) is 7.35. The monoisotopic (exact) mass is 517 g/mol. The van der Waals surface area contributed by atoms with Crippen LogP contribution in [0.3, 0.4) is 0 Å². The molecule has 0 unspecified atom stereocenters. The van der Waals surface area contributed by atoms with Gasteiger partial charge < -0.3 is 14.4 Å². The van der Waals surface area contributed by atoms with Crippen molar-refractivity contribution in [1.82, 2.24) is 9.55 Å². The molecule has 0 amide bonds. The first-order chi connectivity index (χ1) is 13.4. The van der Waals surface area contributed by atoms with Crippen molar-refractivity contribution in [2.75, 3.05) is 13.2 Å². The number of aliphatic hydroxyl groups excluding tert-OH is 1. The van der Waals surface area contributed by atoms with E-state index >= 15 is 0 Å². The molecule has 1 aromatic heterocycles. The molecule has 10 heteroatoms. The first-order valence-electron chi connectivity index (χ1n) is 8.30. The molecule has 3 aromatic rings. The minimum absolute atomic E-state index is 0.0571. The lowest BCUT2D eigenvalue weighted by atomic mass is 10.3. The molecule has 0 aliphatic rings. The van der Waals surface area contributed by atoms with Gasteiger partial charge in [0.1, 0.15) is 12.4 Å². The van der Waals surface area contributed by atoms with Crippen LogP contribution in [0.25, 0.3) is 11.0 Å². The first-order valence-corrected chi connectivity index (χ1v) is 9.88. The highest BCUT2D eigenvalue weighted by Gasteiger charge is 2.12. The summed E-state index contributed by atoms with van der Waals surface area (Å²) in [5.41, 5.74) is 1.41. The van der Waals surface area contributed by atoms with Gasteiger partial charge in [-0.05, 0) is 37.3 Å². The molecule has 0 bridgehead atoms. The van der Waals surface area contributed by atoms with Crippen molar-refractivity contribution in [3.8, 4) is 0 Å². The summed E-state index contributed by atoms with van der Waals surface area (Å²) in [6, 6.07) is 9.48. The number of rotatable bonds is 6. The molecule has 1 heterocycles. The van der Waals surface area contributed by atoms with E-state index in [-0.39, 0.29) is 6.61 Å². The summed E-state index contributed by atoms with van der Waals surface area (Å²) < 4.78 is 21.5. The summed E-state index contributed by atoms with van der Waals surface area (Å²) in [4.78, 5) is 13.7. The zero-order valence-corrected chi connectivity index (χ0v) is 18.1. The molecular formula is C18H18Br2FN3O4. The van der Waals surface area contributed by atoms with Gasteiger partial charge in [0.2, 0.25) is 5.82 Å². The minimum atomic E-state index is -0.829. The highest BCUT2D eigenvalue weighted by Crippen LogP contribution is 2.22. The van der Waals surface area contributed by atoms with Crippen LogP contribution in [0.4, 0.5) is 10.1 Å². The Kier molecular flexibility index (Phi) is 8.49. The minimum Gasteiger partial charge on any atom is -0.388 e. The van der Waals surface area contributed by atoms with E-state index in [2.05, 4.69) is 36.8 Å². The number of fused-ring (bicyclic) bond motifs is 1. The van der Waals surface area contributed by atoms with Crippen LogP contribution < -0.4 is 0 Å². The van der Waals surface area contributed by atoms with E-state index in [9.17, 15) is 19.6 Å². The highest BCUT2D eigenvalue weighted by molar-refractivity contribution is 9.10. The number of aromatic nitrogens is 2. The summed E-state index contributed by atoms with van der Waals surface area (Å²) in [6.07, 6.45) is 0. The van der Waals surface area contributed by atoms with Crippen LogP contribution in [-0.2, 0) is 17.9 Å². The van der Waals surface area contributed by atoms with Gasteiger partial charge >= 0.3 is 5.69 Å². The molecule has 1 N–H and O–H groups in total. The molecule has 0 atom stereocenters. The number of ether oxygens (including phenoxy) is 1. The van der Waals surface area contributed by atoms with Crippen LogP contribution >= 0.6 is 31.9 Å². The van der Waals surface area contributed by atoms with Crippen LogP contribution in [0, 0.1) is 15.9 Å². The number of aliphatic hydroxyl groups is 1. The van der Waals surface area contributed by atoms with Crippen LogP contribution in [-0.4, -0.2) is 32.8 Å². The molecule has 150 valence electrons. The summed E-state index contributed by atoms with van der Waals surface area (Å²) >= 11 is 6.43. The largest absolute Gasteiger partial charge is 0.388 e. The van der Waals surface area contributed by atoms with Crippen molar-refractivity contribution in [2.24, 2.45) is 0 Å². The zero-order chi connectivity index (χ0) is 20.7. The Balaban J connectivity index is 0.000000221. The Morgan fingerprint density at radius 1 is 1.25 bits per heavy atom. The fraction of sp³-hybridized carbons (Fsp3) is 0.278. The summed E-state index contributed by atoms with van der Waals surface area (Å²) in [5, 5.41) is 19.4.